The number of aromatic nitrogens is 2. The summed E-state index contributed by atoms with van der Waals surface area (Å²) in [6.07, 6.45) is 3.79. The van der Waals surface area contributed by atoms with Crippen molar-refractivity contribution in [2.45, 2.75) is 18.9 Å². The van der Waals surface area contributed by atoms with E-state index in [1.807, 2.05) is 18.3 Å². The van der Waals surface area contributed by atoms with Crippen molar-refractivity contribution >= 4 is 33.2 Å². The van der Waals surface area contributed by atoms with Crippen LogP contribution in [-0.2, 0) is 0 Å². The number of anilines is 2. The lowest BCUT2D eigenvalue weighted by Crippen LogP contribution is -2.53. The van der Waals surface area contributed by atoms with E-state index in [0.717, 1.165) is 86.2 Å². The lowest BCUT2D eigenvalue weighted by molar-refractivity contribution is 0.160. The number of aromatic amines is 1. The number of pyridine rings is 2. The predicted octanol–water partition coefficient (Wildman–Crippen LogP) is 3.72. The van der Waals surface area contributed by atoms with E-state index in [0.29, 0.717) is 11.6 Å². The van der Waals surface area contributed by atoms with E-state index in [1.165, 1.54) is 6.07 Å². The van der Waals surface area contributed by atoms with Crippen LogP contribution in [0.2, 0.25) is 0 Å². The van der Waals surface area contributed by atoms with Crippen LogP contribution in [0.15, 0.2) is 53.5 Å². The standard InChI is InChI=1S/C28H30FN5O3/c1-37-20-15-18-3-2-8-30-27(18)23(16-20)34-13-11-32(12-14-34)19-6-9-33(10-7-19)22-5-4-21(29)26-24(35)17-25(36)31-28(22)26/h2-5,8,15-17,19H,6-7,9-14H2,1H3,(H2,31,35,36). The number of piperidine rings is 1. The van der Waals surface area contributed by atoms with Gasteiger partial charge in [0.25, 0.3) is 5.56 Å². The van der Waals surface area contributed by atoms with Gasteiger partial charge in [0.15, 0.2) is 0 Å². The number of halogens is 1. The fourth-order valence-electron chi connectivity index (χ4n) is 5.87. The van der Waals surface area contributed by atoms with Crippen molar-refractivity contribution in [1.82, 2.24) is 14.9 Å². The normalized spacial score (nSPS) is 17.6. The number of rotatable bonds is 4. The van der Waals surface area contributed by atoms with Gasteiger partial charge in [0.05, 0.1) is 34.9 Å². The highest BCUT2D eigenvalue weighted by atomic mass is 19.1. The van der Waals surface area contributed by atoms with Crippen molar-refractivity contribution in [3.8, 4) is 11.5 Å². The fourth-order valence-corrected chi connectivity index (χ4v) is 5.87. The van der Waals surface area contributed by atoms with Crippen LogP contribution in [0.5, 0.6) is 11.5 Å². The molecule has 8 nitrogen and oxygen atoms in total. The molecule has 0 unspecified atom stereocenters. The lowest BCUT2D eigenvalue weighted by atomic mass is 10.0. The number of piperazine rings is 1. The predicted molar refractivity (Wildman–Crippen MR) is 144 cm³/mol. The molecule has 192 valence electrons. The average Bonchev–Trinajstić information content (AvgIpc) is 2.92. The summed E-state index contributed by atoms with van der Waals surface area (Å²) in [7, 11) is 1.70. The minimum Gasteiger partial charge on any atom is -0.507 e. The highest BCUT2D eigenvalue weighted by Crippen LogP contribution is 2.35. The molecule has 4 heterocycles. The van der Waals surface area contributed by atoms with Gasteiger partial charge in [-0.2, -0.15) is 0 Å². The van der Waals surface area contributed by atoms with Gasteiger partial charge >= 0.3 is 0 Å². The molecule has 0 atom stereocenters. The first-order valence-corrected chi connectivity index (χ1v) is 12.7. The Morgan fingerprint density at radius 2 is 1.76 bits per heavy atom. The summed E-state index contributed by atoms with van der Waals surface area (Å²) in [6.45, 7) is 5.37. The molecule has 6 rings (SSSR count). The van der Waals surface area contributed by atoms with Gasteiger partial charge in [-0.05, 0) is 37.1 Å². The number of methoxy groups -OCH3 is 1. The minimum absolute atomic E-state index is 0.0647. The first kappa shape index (κ1) is 23.5. The summed E-state index contributed by atoms with van der Waals surface area (Å²) < 4.78 is 19.9. The molecule has 2 fully saturated rings. The van der Waals surface area contributed by atoms with Crippen LogP contribution in [0.25, 0.3) is 21.8 Å². The van der Waals surface area contributed by atoms with Crippen molar-refractivity contribution in [2.75, 3.05) is 56.2 Å². The number of aromatic hydroxyl groups is 1. The molecule has 0 aliphatic carbocycles. The summed E-state index contributed by atoms with van der Waals surface area (Å²) in [5, 5.41) is 11.3. The summed E-state index contributed by atoms with van der Waals surface area (Å²) in [4.78, 5) is 26.5. The van der Waals surface area contributed by atoms with E-state index < -0.39 is 11.4 Å². The SMILES string of the molecule is COc1cc(N2CCN(C3CCN(c4ccc(F)c5c(O)cc(=O)[nH]c45)CC3)CC2)c2ncccc2c1. The maximum Gasteiger partial charge on any atom is 0.252 e. The molecule has 0 spiro atoms. The highest BCUT2D eigenvalue weighted by Gasteiger charge is 2.29. The van der Waals surface area contributed by atoms with E-state index in [-0.39, 0.29) is 11.1 Å². The Morgan fingerprint density at radius 1 is 1.00 bits per heavy atom. The topological polar surface area (TPSA) is 84.9 Å². The van der Waals surface area contributed by atoms with Crippen molar-refractivity contribution < 1.29 is 14.2 Å². The number of benzene rings is 2. The molecule has 2 saturated heterocycles. The molecular weight excluding hydrogens is 473 g/mol. The van der Waals surface area contributed by atoms with Crippen molar-refractivity contribution in [3.05, 3.63) is 64.8 Å². The summed E-state index contributed by atoms with van der Waals surface area (Å²) in [5.74, 6) is -0.0302. The molecule has 0 radical (unpaired) electrons. The second-order valence-corrected chi connectivity index (χ2v) is 9.80. The van der Waals surface area contributed by atoms with Crippen LogP contribution in [-0.4, -0.2) is 72.4 Å². The second-order valence-electron chi connectivity index (χ2n) is 9.80. The number of hydrogen-bond donors (Lipinski definition) is 2. The average molecular weight is 504 g/mol. The number of fused-ring (bicyclic) bond motifs is 2. The highest BCUT2D eigenvalue weighted by molar-refractivity contribution is 5.95. The molecule has 0 amide bonds. The maximum absolute atomic E-state index is 14.4. The zero-order valence-corrected chi connectivity index (χ0v) is 20.8. The summed E-state index contributed by atoms with van der Waals surface area (Å²) in [6, 6.07) is 12.7. The van der Waals surface area contributed by atoms with Gasteiger partial charge in [-0.15, -0.1) is 0 Å². The molecule has 2 aliphatic rings. The third-order valence-corrected chi connectivity index (χ3v) is 7.78. The third kappa shape index (κ3) is 4.33. The van der Waals surface area contributed by atoms with E-state index in [1.54, 1.807) is 13.2 Å². The van der Waals surface area contributed by atoms with E-state index in [2.05, 4.69) is 36.8 Å². The van der Waals surface area contributed by atoms with Gasteiger partial charge in [0.1, 0.15) is 17.3 Å². The van der Waals surface area contributed by atoms with Crippen molar-refractivity contribution in [3.63, 3.8) is 0 Å². The molecule has 37 heavy (non-hydrogen) atoms. The van der Waals surface area contributed by atoms with Crippen molar-refractivity contribution in [1.29, 1.82) is 0 Å². The Labute approximate surface area is 213 Å². The Bertz CT molecular complexity index is 1510. The fraction of sp³-hybridized carbons (Fsp3) is 0.357. The number of nitrogens with zero attached hydrogens (tertiary/aromatic N) is 4. The molecule has 4 aromatic rings. The van der Waals surface area contributed by atoms with Crippen LogP contribution in [0.3, 0.4) is 0 Å². The van der Waals surface area contributed by atoms with Gasteiger partial charge < -0.3 is 24.6 Å². The smallest absolute Gasteiger partial charge is 0.252 e. The van der Waals surface area contributed by atoms with E-state index in [9.17, 15) is 14.3 Å². The quantitative estimate of drug-likeness (QED) is 0.439. The van der Waals surface area contributed by atoms with Gasteiger partial charge in [0, 0.05) is 69.0 Å². The first-order chi connectivity index (χ1) is 18.0. The molecule has 2 aromatic carbocycles. The van der Waals surface area contributed by atoms with Crippen LogP contribution >= 0.6 is 0 Å². The molecule has 0 bridgehead atoms. The van der Waals surface area contributed by atoms with Gasteiger partial charge in [-0.25, -0.2) is 4.39 Å². The number of nitrogens with one attached hydrogen (secondary N) is 1. The van der Waals surface area contributed by atoms with Crippen LogP contribution in [0.1, 0.15) is 12.8 Å². The first-order valence-electron chi connectivity index (χ1n) is 12.7. The van der Waals surface area contributed by atoms with Gasteiger partial charge in [-0.3, -0.25) is 14.7 Å². The Kier molecular flexibility index (Phi) is 6.08. The van der Waals surface area contributed by atoms with Crippen LogP contribution in [0.4, 0.5) is 15.8 Å². The zero-order chi connectivity index (χ0) is 25.5. The van der Waals surface area contributed by atoms with Crippen molar-refractivity contribution in [2.24, 2.45) is 0 Å². The number of ether oxygens (including phenoxy) is 1. The molecule has 2 aliphatic heterocycles. The van der Waals surface area contributed by atoms with E-state index in [4.69, 9.17) is 4.74 Å². The number of H-pyrrole nitrogens is 1. The van der Waals surface area contributed by atoms with E-state index >= 15 is 0 Å². The lowest BCUT2D eigenvalue weighted by Gasteiger charge is -2.44. The second kappa shape index (κ2) is 9.55. The Hall–Kier alpha value is -3.85. The summed E-state index contributed by atoms with van der Waals surface area (Å²) >= 11 is 0. The molecule has 2 aromatic heterocycles. The molecule has 2 N–H and O–H groups in total. The largest absolute Gasteiger partial charge is 0.507 e. The molecule has 0 saturated carbocycles. The Balaban J connectivity index is 1.14. The summed E-state index contributed by atoms with van der Waals surface area (Å²) in [5.41, 5.74) is 2.79. The molecular formula is C28H30FN5O3. The monoisotopic (exact) mass is 503 g/mol. The molecule has 9 heteroatoms. The van der Waals surface area contributed by atoms with Gasteiger partial charge in [-0.1, -0.05) is 6.07 Å². The third-order valence-electron chi connectivity index (χ3n) is 7.78. The zero-order valence-electron chi connectivity index (χ0n) is 20.8. The van der Waals surface area contributed by atoms with Crippen LogP contribution in [0, 0.1) is 5.82 Å². The van der Waals surface area contributed by atoms with Gasteiger partial charge in [0.2, 0.25) is 0 Å². The van der Waals surface area contributed by atoms with Crippen LogP contribution < -0.4 is 20.1 Å². The Morgan fingerprint density at radius 3 is 2.51 bits per heavy atom. The maximum atomic E-state index is 14.4. The number of hydrogen-bond acceptors (Lipinski definition) is 7. The minimum atomic E-state index is -0.542.